The van der Waals surface area contributed by atoms with Crippen LogP contribution in [0.1, 0.15) is 32.0 Å². The number of nitro groups is 1. The number of nitrogens with zero attached hydrogens (tertiary/aromatic N) is 1. The number of piperidine rings is 2. The summed E-state index contributed by atoms with van der Waals surface area (Å²) >= 11 is 0. The lowest BCUT2D eigenvalue weighted by atomic mass is 9.63. The van der Waals surface area contributed by atoms with E-state index in [9.17, 15) is 10.1 Å². The molecule has 21 heavy (non-hydrogen) atoms. The Morgan fingerprint density at radius 1 is 1.05 bits per heavy atom. The molecule has 0 radical (unpaired) electrons. The standard InChI is InChI=1S/C16H21N3O2/c1-15-7-16(2)10-17(8-15)14(18(9-15)11-16)12-3-5-13(6-4-12)19(20)21/h3-6,14H,7-11H2,1-2H3/p+2. The Morgan fingerprint density at radius 2 is 1.52 bits per heavy atom. The lowest BCUT2D eigenvalue weighted by Crippen LogP contribution is -3.40. The zero-order valence-corrected chi connectivity index (χ0v) is 12.7. The van der Waals surface area contributed by atoms with E-state index in [0.717, 1.165) is 0 Å². The zero-order chi connectivity index (χ0) is 14.8. The van der Waals surface area contributed by atoms with Crippen LogP contribution in [0.25, 0.3) is 0 Å². The van der Waals surface area contributed by atoms with Crippen LogP contribution in [0.15, 0.2) is 24.3 Å². The molecule has 4 saturated heterocycles. The molecule has 1 aromatic rings. The monoisotopic (exact) mass is 289 g/mol. The molecule has 112 valence electrons. The molecule has 2 N–H and O–H groups in total. The largest absolute Gasteiger partial charge is 0.281 e. The van der Waals surface area contributed by atoms with Crippen LogP contribution in [0, 0.1) is 20.9 Å². The maximum atomic E-state index is 10.8. The van der Waals surface area contributed by atoms with Crippen molar-refractivity contribution < 1.29 is 14.7 Å². The molecule has 4 aliphatic heterocycles. The Bertz CT molecular complexity index is 562. The fourth-order valence-electron chi connectivity index (χ4n) is 5.68. The van der Waals surface area contributed by atoms with Gasteiger partial charge in [0.05, 0.1) is 47.5 Å². The Labute approximate surface area is 124 Å². The first kappa shape index (κ1) is 13.2. The number of quaternary nitrogens is 2. The van der Waals surface area contributed by atoms with Gasteiger partial charge >= 0.3 is 0 Å². The average molecular weight is 289 g/mol. The van der Waals surface area contributed by atoms with Crippen molar-refractivity contribution in [2.45, 2.75) is 26.4 Å². The van der Waals surface area contributed by atoms with Crippen LogP contribution in [-0.2, 0) is 0 Å². The highest BCUT2D eigenvalue weighted by molar-refractivity contribution is 5.33. The van der Waals surface area contributed by atoms with Crippen LogP contribution >= 0.6 is 0 Å². The van der Waals surface area contributed by atoms with Crippen molar-refractivity contribution in [3.05, 3.63) is 39.9 Å². The minimum atomic E-state index is -0.316. The Hall–Kier alpha value is -1.46. The third-order valence-corrected chi connectivity index (χ3v) is 5.72. The maximum Gasteiger partial charge on any atom is 0.269 e. The summed E-state index contributed by atoms with van der Waals surface area (Å²) in [7, 11) is 0. The molecule has 4 bridgehead atoms. The first-order chi connectivity index (χ1) is 9.88. The number of nitro benzene ring substituents is 1. The SMILES string of the molecule is CC12C[NH+]3CC(C)(C[NH+](C1)C3c1ccc([N+](=O)[O-])cc1)C2. The Balaban J connectivity index is 1.66. The summed E-state index contributed by atoms with van der Waals surface area (Å²) in [5.74, 6) is 0. The molecule has 5 heteroatoms. The van der Waals surface area contributed by atoms with Gasteiger partial charge in [0.15, 0.2) is 0 Å². The molecule has 0 saturated carbocycles. The van der Waals surface area contributed by atoms with Crippen molar-refractivity contribution >= 4 is 5.69 Å². The second kappa shape index (κ2) is 4.05. The van der Waals surface area contributed by atoms with Crippen molar-refractivity contribution in [2.75, 3.05) is 26.2 Å². The van der Waals surface area contributed by atoms with Crippen LogP contribution in [0.3, 0.4) is 0 Å². The highest BCUT2D eigenvalue weighted by Gasteiger charge is 2.62. The number of nitrogens with one attached hydrogen (secondary N) is 2. The summed E-state index contributed by atoms with van der Waals surface area (Å²) in [6.07, 6.45) is 1.83. The van der Waals surface area contributed by atoms with Gasteiger partial charge in [-0.2, -0.15) is 0 Å². The van der Waals surface area contributed by atoms with E-state index in [0.29, 0.717) is 17.0 Å². The van der Waals surface area contributed by atoms with E-state index in [1.807, 2.05) is 12.1 Å². The van der Waals surface area contributed by atoms with Crippen LogP contribution in [0.5, 0.6) is 0 Å². The Morgan fingerprint density at radius 3 is 1.95 bits per heavy atom. The van der Waals surface area contributed by atoms with Gasteiger partial charge in [-0.25, -0.2) is 0 Å². The minimum absolute atomic E-state index is 0.191. The highest BCUT2D eigenvalue weighted by Crippen LogP contribution is 2.39. The van der Waals surface area contributed by atoms with Gasteiger partial charge in [-0.15, -0.1) is 0 Å². The summed E-state index contributed by atoms with van der Waals surface area (Å²) in [6.45, 7) is 9.86. The van der Waals surface area contributed by atoms with Gasteiger partial charge in [0, 0.05) is 12.1 Å². The van der Waals surface area contributed by atoms with E-state index in [1.165, 1.54) is 38.2 Å². The Kier molecular flexibility index (Phi) is 2.55. The zero-order valence-electron chi connectivity index (χ0n) is 12.7. The number of hydrogen-bond acceptors (Lipinski definition) is 2. The van der Waals surface area contributed by atoms with E-state index >= 15 is 0 Å². The maximum absolute atomic E-state index is 10.8. The second-order valence-electron chi connectivity index (χ2n) is 8.10. The average Bonchev–Trinajstić information content (AvgIpc) is 2.35. The fourth-order valence-corrected chi connectivity index (χ4v) is 5.68. The fraction of sp³-hybridized carbons (Fsp3) is 0.625. The van der Waals surface area contributed by atoms with Crippen LogP contribution in [0.2, 0.25) is 0 Å². The molecule has 5 rings (SSSR count). The normalized spacial score (nSPS) is 44.0. The van der Waals surface area contributed by atoms with Crippen LogP contribution in [0.4, 0.5) is 5.69 Å². The van der Waals surface area contributed by atoms with Crippen molar-refractivity contribution in [1.29, 1.82) is 0 Å². The van der Waals surface area contributed by atoms with Crippen molar-refractivity contribution in [2.24, 2.45) is 10.8 Å². The number of non-ortho nitro benzene ring substituents is 1. The van der Waals surface area contributed by atoms with Crippen molar-refractivity contribution in [3.8, 4) is 0 Å². The molecule has 0 unspecified atom stereocenters. The van der Waals surface area contributed by atoms with Gasteiger partial charge in [0.1, 0.15) is 0 Å². The third-order valence-electron chi connectivity index (χ3n) is 5.72. The first-order valence-electron chi connectivity index (χ1n) is 7.81. The lowest BCUT2D eigenvalue weighted by molar-refractivity contribution is -1.18. The molecule has 0 amide bonds. The summed E-state index contributed by atoms with van der Waals surface area (Å²) < 4.78 is 0. The number of benzene rings is 1. The van der Waals surface area contributed by atoms with Gasteiger partial charge in [0.25, 0.3) is 5.69 Å². The molecule has 1 aromatic carbocycles. The molecular formula is C16H23N3O2+2. The summed E-state index contributed by atoms with van der Waals surface area (Å²) in [5.41, 5.74) is 2.41. The van der Waals surface area contributed by atoms with Gasteiger partial charge in [0.2, 0.25) is 6.17 Å². The molecule has 4 heterocycles. The summed E-state index contributed by atoms with van der Waals surface area (Å²) in [5, 5.41) is 10.8. The van der Waals surface area contributed by atoms with E-state index in [1.54, 1.807) is 21.9 Å². The summed E-state index contributed by atoms with van der Waals surface area (Å²) in [6, 6.07) is 7.25. The van der Waals surface area contributed by atoms with Gasteiger partial charge in [-0.1, -0.05) is 0 Å². The molecule has 0 spiro atoms. The molecule has 4 fully saturated rings. The molecule has 4 aliphatic rings. The van der Waals surface area contributed by atoms with Gasteiger partial charge < -0.3 is 0 Å². The minimum Gasteiger partial charge on any atom is -0.281 e. The smallest absolute Gasteiger partial charge is 0.269 e. The third kappa shape index (κ3) is 1.99. The molecular weight excluding hydrogens is 266 g/mol. The van der Waals surface area contributed by atoms with E-state index < -0.39 is 0 Å². The van der Waals surface area contributed by atoms with Gasteiger partial charge in [-0.3, -0.25) is 19.9 Å². The predicted octanol–water partition coefficient (Wildman–Crippen LogP) is -0.193. The second-order valence-corrected chi connectivity index (χ2v) is 8.10. The predicted molar refractivity (Wildman–Crippen MR) is 78.1 cm³/mol. The van der Waals surface area contributed by atoms with Crippen LogP contribution in [-0.4, -0.2) is 31.1 Å². The quantitative estimate of drug-likeness (QED) is 0.585. The topological polar surface area (TPSA) is 52.0 Å². The highest BCUT2D eigenvalue weighted by atomic mass is 16.6. The molecule has 5 nitrogen and oxygen atoms in total. The van der Waals surface area contributed by atoms with Crippen molar-refractivity contribution in [3.63, 3.8) is 0 Å². The lowest BCUT2D eigenvalue weighted by Gasteiger charge is -2.60. The van der Waals surface area contributed by atoms with Gasteiger partial charge in [-0.05, 0) is 32.4 Å². The van der Waals surface area contributed by atoms with Crippen LogP contribution < -0.4 is 9.80 Å². The number of hydrogen-bond donors (Lipinski definition) is 2. The first-order valence-corrected chi connectivity index (χ1v) is 7.81. The molecule has 0 aliphatic carbocycles. The molecule has 0 aromatic heterocycles. The molecule has 0 atom stereocenters. The summed E-state index contributed by atoms with van der Waals surface area (Å²) in [4.78, 5) is 13.8. The van der Waals surface area contributed by atoms with E-state index in [4.69, 9.17) is 0 Å². The van der Waals surface area contributed by atoms with Crippen molar-refractivity contribution in [1.82, 2.24) is 0 Å². The number of rotatable bonds is 2. The van der Waals surface area contributed by atoms with E-state index in [2.05, 4.69) is 13.8 Å². The van der Waals surface area contributed by atoms with E-state index in [-0.39, 0.29) is 10.6 Å².